The molecule has 3 N–H and O–H groups in total. The molecule has 3 heterocycles. The fourth-order valence-corrected chi connectivity index (χ4v) is 4.12. The molecule has 8 heteroatoms. The number of fused-ring (bicyclic) bond motifs is 1. The number of aromatic amines is 1. The van der Waals surface area contributed by atoms with E-state index in [1.807, 2.05) is 42.6 Å². The van der Waals surface area contributed by atoms with Gasteiger partial charge < -0.3 is 19.9 Å². The van der Waals surface area contributed by atoms with Crippen LogP contribution in [-0.4, -0.2) is 23.9 Å². The van der Waals surface area contributed by atoms with Crippen LogP contribution >= 0.6 is 11.3 Å². The van der Waals surface area contributed by atoms with Crippen molar-refractivity contribution in [3.05, 3.63) is 58.3 Å². The summed E-state index contributed by atoms with van der Waals surface area (Å²) in [5.74, 6) is 1.06. The first-order valence-electron chi connectivity index (χ1n) is 8.69. The zero-order chi connectivity index (χ0) is 19.7. The molecule has 0 aliphatic carbocycles. The van der Waals surface area contributed by atoms with Crippen LogP contribution in [0.4, 0.5) is 0 Å². The third-order valence-electron chi connectivity index (χ3n) is 4.54. The van der Waals surface area contributed by atoms with Crippen molar-refractivity contribution in [2.75, 3.05) is 13.7 Å². The second kappa shape index (κ2) is 7.29. The molecule has 0 unspecified atom stereocenters. The van der Waals surface area contributed by atoms with Gasteiger partial charge in [0, 0.05) is 5.56 Å². The predicted molar refractivity (Wildman–Crippen MR) is 105 cm³/mol. The van der Waals surface area contributed by atoms with E-state index in [2.05, 4.69) is 16.3 Å². The average Bonchev–Trinajstić information content (AvgIpc) is 3.37. The van der Waals surface area contributed by atoms with Gasteiger partial charge in [-0.2, -0.15) is 5.26 Å². The quantitative estimate of drug-likeness (QED) is 0.682. The first-order valence-corrected chi connectivity index (χ1v) is 9.56. The van der Waals surface area contributed by atoms with Gasteiger partial charge >= 0.3 is 0 Å². The van der Waals surface area contributed by atoms with Crippen LogP contribution in [0.25, 0.3) is 10.6 Å². The summed E-state index contributed by atoms with van der Waals surface area (Å²) < 4.78 is 17.0. The largest absolute Gasteiger partial charge is 0.493 e. The maximum absolute atomic E-state index is 9.86. The van der Waals surface area contributed by atoms with Gasteiger partial charge in [0.25, 0.3) is 0 Å². The van der Waals surface area contributed by atoms with Gasteiger partial charge in [0.1, 0.15) is 11.6 Å². The number of thiophene rings is 1. The van der Waals surface area contributed by atoms with Crippen LogP contribution in [0, 0.1) is 11.3 Å². The van der Waals surface area contributed by atoms with Gasteiger partial charge in [-0.1, -0.05) is 18.2 Å². The van der Waals surface area contributed by atoms with E-state index < -0.39 is 5.92 Å². The van der Waals surface area contributed by atoms with Gasteiger partial charge in [0.15, 0.2) is 11.5 Å². The van der Waals surface area contributed by atoms with E-state index >= 15 is 0 Å². The Morgan fingerprint density at radius 3 is 2.89 bits per heavy atom. The Morgan fingerprint density at radius 2 is 2.21 bits per heavy atom. The normalized spacial score (nSPS) is 15.5. The van der Waals surface area contributed by atoms with Crippen LogP contribution in [0.2, 0.25) is 0 Å². The number of nitrogens with two attached hydrogens (primary N) is 1. The highest BCUT2D eigenvalue weighted by Crippen LogP contribution is 2.50. The number of aromatic nitrogens is 2. The fraction of sp³-hybridized carbons (Fsp3) is 0.200. The molecular formula is C20H18N4O3S. The van der Waals surface area contributed by atoms with E-state index in [0.717, 1.165) is 21.7 Å². The highest BCUT2D eigenvalue weighted by atomic mass is 32.1. The van der Waals surface area contributed by atoms with Crippen LogP contribution < -0.4 is 19.9 Å². The van der Waals surface area contributed by atoms with Gasteiger partial charge in [-0.25, -0.2) is 0 Å². The Hall–Kier alpha value is -3.44. The van der Waals surface area contributed by atoms with Gasteiger partial charge in [-0.15, -0.1) is 16.4 Å². The monoisotopic (exact) mass is 394 g/mol. The maximum Gasteiger partial charge on any atom is 0.244 e. The minimum atomic E-state index is -0.499. The summed E-state index contributed by atoms with van der Waals surface area (Å²) in [6.07, 6.45) is 0. The number of nitrogens with one attached hydrogen (secondary N) is 1. The summed E-state index contributed by atoms with van der Waals surface area (Å²) in [5, 5.41) is 19.2. The molecule has 28 heavy (non-hydrogen) atoms. The number of para-hydroxylation sites is 1. The highest BCUT2D eigenvalue weighted by Gasteiger charge is 2.37. The van der Waals surface area contributed by atoms with Crippen molar-refractivity contribution in [3.63, 3.8) is 0 Å². The molecule has 0 amide bonds. The van der Waals surface area contributed by atoms with Crippen molar-refractivity contribution in [1.82, 2.24) is 10.2 Å². The van der Waals surface area contributed by atoms with Crippen LogP contribution in [0.1, 0.15) is 24.0 Å². The number of hydrogen-bond acceptors (Lipinski definition) is 7. The molecule has 142 valence electrons. The average molecular weight is 394 g/mol. The second-order valence-corrected chi connectivity index (χ2v) is 6.98. The number of allylic oxidation sites excluding steroid dienone is 1. The second-order valence-electron chi connectivity index (χ2n) is 6.03. The Morgan fingerprint density at radius 1 is 1.36 bits per heavy atom. The van der Waals surface area contributed by atoms with E-state index in [0.29, 0.717) is 29.6 Å². The van der Waals surface area contributed by atoms with E-state index in [9.17, 15) is 5.26 Å². The third-order valence-corrected chi connectivity index (χ3v) is 5.42. The SMILES string of the molecule is CCOc1c(OC)cccc1[C@@H]1C(C#N)=C(N)Oc2n[nH]c(-c3cccs3)c21. The van der Waals surface area contributed by atoms with Crippen molar-refractivity contribution < 1.29 is 14.2 Å². The lowest BCUT2D eigenvalue weighted by molar-refractivity contribution is 0.306. The highest BCUT2D eigenvalue weighted by molar-refractivity contribution is 7.13. The molecule has 0 radical (unpaired) electrons. The first-order chi connectivity index (χ1) is 13.7. The van der Waals surface area contributed by atoms with Crippen LogP contribution in [0.15, 0.2) is 47.2 Å². The molecule has 0 spiro atoms. The minimum absolute atomic E-state index is 0.0366. The Labute approximate surface area is 166 Å². The molecule has 7 nitrogen and oxygen atoms in total. The lowest BCUT2D eigenvalue weighted by Gasteiger charge is -2.26. The van der Waals surface area contributed by atoms with E-state index in [4.69, 9.17) is 19.9 Å². The molecular weight excluding hydrogens is 376 g/mol. The standard InChI is InChI=1S/C20H18N4O3S/c1-3-26-18-11(6-4-7-13(18)25-2)15-12(10-21)19(22)27-20-16(15)17(23-24-20)14-8-5-9-28-14/h4-9,15H,3,22H2,1-2H3,(H,23,24)/t15-/m1/s1. The van der Waals surface area contributed by atoms with Crippen LogP contribution in [0.5, 0.6) is 17.4 Å². The van der Waals surface area contributed by atoms with Crippen LogP contribution in [0.3, 0.4) is 0 Å². The first kappa shape index (κ1) is 17.9. The number of hydrogen-bond donors (Lipinski definition) is 2. The number of H-pyrrole nitrogens is 1. The summed E-state index contributed by atoms with van der Waals surface area (Å²) in [4.78, 5) is 0.987. The fourth-order valence-electron chi connectivity index (χ4n) is 3.38. The number of ether oxygens (including phenoxy) is 3. The topological polar surface area (TPSA) is 106 Å². The summed E-state index contributed by atoms with van der Waals surface area (Å²) in [7, 11) is 1.58. The minimum Gasteiger partial charge on any atom is -0.493 e. The summed E-state index contributed by atoms with van der Waals surface area (Å²) >= 11 is 1.57. The number of nitrogens with zero attached hydrogens (tertiary/aromatic N) is 2. The predicted octanol–water partition coefficient (Wildman–Crippen LogP) is 3.76. The van der Waals surface area contributed by atoms with Crippen molar-refractivity contribution >= 4 is 11.3 Å². The molecule has 1 aliphatic rings. The smallest absolute Gasteiger partial charge is 0.244 e. The number of nitriles is 1. The van der Waals surface area contributed by atoms with Crippen molar-refractivity contribution in [2.45, 2.75) is 12.8 Å². The molecule has 1 aliphatic heterocycles. The van der Waals surface area contributed by atoms with Crippen molar-refractivity contribution in [3.8, 4) is 34.0 Å². The van der Waals surface area contributed by atoms with Crippen LogP contribution in [-0.2, 0) is 0 Å². The zero-order valence-corrected chi connectivity index (χ0v) is 16.2. The van der Waals surface area contributed by atoms with Gasteiger partial charge in [0.2, 0.25) is 11.8 Å². The molecule has 0 saturated heterocycles. The molecule has 0 fully saturated rings. The molecule has 4 rings (SSSR count). The van der Waals surface area contributed by atoms with Crippen molar-refractivity contribution in [1.29, 1.82) is 5.26 Å². The Balaban J connectivity index is 1.99. The molecule has 2 aromatic heterocycles. The lowest BCUT2D eigenvalue weighted by atomic mass is 9.83. The maximum atomic E-state index is 9.86. The number of rotatable bonds is 5. The van der Waals surface area contributed by atoms with Crippen molar-refractivity contribution in [2.24, 2.45) is 5.73 Å². The Bertz CT molecular complexity index is 1080. The number of benzene rings is 1. The summed E-state index contributed by atoms with van der Waals surface area (Å²) in [6.45, 7) is 2.35. The molecule has 0 bridgehead atoms. The molecule has 1 atom stereocenters. The zero-order valence-electron chi connectivity index (χ0n) is 15.4. The number of methoxy groups -OCH3 is 1. The van der Waals surface area contributed by atoms with E-state index in [-0.39, 0.29) is 5.88 Å². The summed E-state index contributed by atoms with van der Waals surface area (Å²) in [6, 6.07) is 11.7. The summed E-state index contributed by atoms with van der Waals surface area (Å²) in [5.41, 5.74) is 8.68. The van der Waals surface area contributed by atoms with Gasteiger partial charge in [0.05, 0.1) is 35.8 Å². The van der Waals surface area contributed by atoms with Gasteiger partial charge in [-0.3, -0.25) is 5.10 Å². The van der Waals surface area contributed by atoms with E-state index in [1.165, 1.54) is 0 Å². The molecule has 3 aromatic rings. The molecule has 1 aromatic carbocycles. The third kappa shape index (κ3) is 2.77. The Kier molecular flexibility index (Phi) is 4.67. The van der Waals surface area contributed by atoms with Gasteiger partial charge in [-0.05, 0) is 24.4 Å². The van der Waals surface area contributed by atoms with E-state index in [1.54, 1.807) is 18.4 Å². The lowest BCUT2D eigenvalue weighted by Crippen LogP contribution is -2.21. The molecule has 0 saturated carbocycles.